The summed E-state index contributed by atoms with van der Waals surface area (Å²) in [4.78, 5) is 22.4. The Labute approximate surface area is 95.4 Å². The van der Waals surface area contributed by atoms with Crippen molar-refractivity contribution < 1.29 is 14.7 Å². The predicted octanol–water partition coefficient (Wildman–Crippen LogP) is 1.26. The molecule has 2 aliphatic carbocycles. The summed E-state index contributed by atoms with van der Waals surface area (Å²) < 4.78 is 0. The van der Waals surface area contributed by atoms with E-state index in [1.165, 1.54) is 0 Å². The zero-order valence-corrected chi connectivity index (χ0v) is 9.77. The summed E-state index contributed by atoms with van der Waals surface area (Å²) >= 11 is 0. The lowest BCUT2D eigenvalue weighted by atomic mass is 9.71. The molecule has 4 heteroatoms. The van der Waals surface area contributed by atoms with Crippen LogP contribution in [-0.4, -0.2) is 23.0 Å². The van der Waals surface area contributed by atoms with Gasteiger partial charge in [0.1, 0.15) is 0 Å². The van der Waals surface area contributed by atoms with Gasteiger partial charge < -0.3 is 10.4 Å². The van der Waals surface area contributed by atoms with E-state index in [1.54, 1.807) is 0 Å². The number of carbonyl (C=O) groups is 2. The highest BCUT2D eigenvalue weighted by molar-refractivity contribution is 5.78. The molecule has 0 aromatic heterocycles. The van der Waals surface area contributed by atoms with E-state index in [2.05, 4.69) is 5.32 Å². The number of aliphatic carboxylic acids is 1. The van der Waals surface area contributed by atoms with Gasteiger partial charge in [0.25, 0.3) is 0 Å². The maximum absolute atomic E-state index is 11.5. The Morgan fingerprint density at radius 3 is 2.50 bits per heavy atom. The minimum atomic E-state index is -0.677. The van der Waals surface area contributed by atoms with Crippen molar-refractivity contribution in [3.05, 3.63) is 0 Å². The van der Waals surface area contributed by atoms with Crippen molar-refractivity contribution in [3.63, 3.8) is 0 Å². The first-order valence-corrected chi connectivity index (χ1v) is 6.02. The SMILES string of the molecule is CC(C)C(=O)NC1CC2CC(C(=O)O)CC21. The van der Waals surface area contributed by atoms with E-state index >= 15 is 0 Å². The Bertz CT molecular complexity index is 313. The highest BCUT2D eigenvalue weighted by Gasteiger charge is 2.49. The summed E-state index contributed by atoms with van der Waals surface area (Å²) in [7, 11) is 0. The number of fused-ring (bicyclic) bond motifs is 1. The lowest BCUT2D eigenvalue weighted by molar-refractivity contribution is -0.141. The van der Waals surface area contributed by atoms with Crippen molar-refractivity contribution in [2.45, 2.75) is 39.2 Å². The summed E-state index contributed by atoms with van der Waals surface area (Å²) in [6.45, 7) is 3.75. The number of carbonyl (C=O) groups excluding carboxylic acids is 1. The van der Waals surface area contributed by atoms with E-state index in [0.717, 1.165) is 19.3 Å². The molecule has 0 spiro atoms. The smallest absolute Gasteiger partial charge is 0.306 e. The minimum Gasteiger partial charge on any atom is -0.481 e. The Morgan fingerprint density at radius 2 is 1.94 bits per heavy atom. The van der Waals surface area contributed by atoms with Gasteiger partial charge in [0, 0.05) is 12.0 Å². The van der Waals surface area contributed by atoms with Crippen molar-refractivity contribution in [1.29, 1.82) is 0 Å². The number of carboxylic acid groups (broad SMARTS) is 1. The van der Waals surface area contributed by atoms with Crippen LogP contribution < -0.4 is 5.32 Å². The molecule has 2 saturated carbocycles. The van der Waals surface area contributed by atoms with Gasteiger partial charge in [-0.15, -0.1) is 0 Å². The summed E-state index contributed by atoms with van der Waals surface area (Å²) in [5.74, 6) is 0.166. The first-order valence-electron chi connectivity index (χ1n) is 6.02. The Morgan fingerprint density at radius 1 is 1.25 bits per heavy atom. The van der Waals surface area contributed by atoms with Crippen LogP contribution in [-0.2, 0) is 9.59 Å². The van der Waals surface area contributed by atoms with Crippen LogP contribution in [0.5, 0.6) is 0 Å². The van der Waals surface area contributed by atoms with Crippen molar-refractivity contribution in [2.24, 2.45) is 23.7 Å². The molecular formula is C12H19NO3. The molecule has 2 aliphatic rings. The predicted molar refractivity (Wildman–Crippen MR) is 58.7 cm³/mol. The molecule has 0 heterocycles. The molecule has 2 rings (SSSR count). The molecule has 0 bridgehead atoms. The second kappa shape index (κ2) is 4.07. The number of amides is 1. The quantitative estimate of drug-likeness (QED) is 0.759. The van der Waals surface area contributed by atoms with Crippen molar-refractivity contribution >= 4 is 11.9 Å². The van der Waals surface area contributed by atoms with Crippen LogP contribution in [0.4, 0.5) is 0 Å². The first-order chi connectivity index (χ1) is 7.49. The van der Waals surface area contributed by atoms with Crippen LogP contribution in [0.1, 0.15) is 33.1 Å². The Kier molecular flexibility index (Phi) is 2.91. The molecule has 1 amide bonds. The lowest BCUT2D eigenvalue weighted by Gasteiger charge is -2.41. The minimum absolute atomic E-state index is 0.00993. The van der Waals surface area contributed by atoms with E-state index < -0.39 is 5.97 Å². The number of carboxylic acids is 1. The number of hydrogen-bond acceptors (Lipinski definition) is 2. The average molecular weight is 225 g/mol. The Hall–Kier alpha value is -1.06. The van der Waals surface area contributed by atoms with E-state index in [-0.39, 0.29) is 23.8 Å². The zero-order valence-electron chi connectivity index (χ0n) is 9.77. The third-order valence-electron chi connectivity index (χ3n) is 4.02. The van der Waals surface area contributed by atoms with Crippen LogP contribution >= 0.6 is 0 Å². The fraction of sp³-hybridized carbons (Fsp3) is 0.833. The monoisotopic (exact) mass is 225 g/mol. The van der Waals surface area contributed by atoms with E-state index in [9.17, 15) is 9.59 Å². The van der Waals surface area contributed by atoms with Gasteiger partial charge in [-0.3, -0.25) is 9.59 Å². The molecule has 0 aromatic carbocycles. The standard InChI is InChI=1S/C12H19NO3/c1-6(2)11(14)13-10-5-7-3-8(12(15)16)4-9(7)10/h6-10H,3-5H2,1-2H3,(H,13,14)(H,15,16). The van der Waals surface area contributed by atoms with E-state index in [4.69, 9.17) is 5.11 Å². The zero-order chi connectivity index (χ0) is 11.9. The van der Waals surface area contributed by atoms with Gasteiger partial charge in [0.2, 0.25) is 5.91 Å². The van der Waals surface area contributed by atoms with Gasteiger partial charge in [-0.1, -0.05) is 13.8 Å². The van der Waals surface area contributed by atoms with E-state index in [0.29, 0.717) is 11.8 Å². The highest BCUT2D eigenvalue weighted by atomic mass is 16.4. The van der Waals surface area contributed by atoms with Gasteiger partial charge in [0.05, 0.1) is 5.92 Å². The summed E-state index contributed by atoms with van der Waals surface area (Å²) in [5, 5.41) is 12.0. The number of rotatable bonds is 3. The fourth-order valence-corrected chi connectivity index (χ4v) is 2.94. The molecule has 4 nitrogen and oxygen atoms in total. The molecule has 2 N–H and O–H groups in total. The molecule has 2 fully saturated rings. The number of hydrogen-bond donors (Lipinski definition) is 2. The van der Waals surface area contributed by atoms with Crippen LogP contribution in [0.3, 0.4) is 0 Å². The van der Waals surface area contributed by atoms with Crippen molar-refractivity contribution in [3.8, 4) is 0 Å². The van der Waals surface area contributed by atoms with E-state index in [1.807, 2.05) is 13.8 Å². The maximum Gasteiger partial charge on any atom is 0.306 e. The maximum atomic E-state index is 11.5. The molecule has 4 unspecified atom stereocenters. The van der Waals surface area contributed by atoms with Crippen molar-refractivity contribution in [2.75, 3.05) is 0 Å². The highest BCUT2D eigenvalue weighted by Crippen LogP contribution is 2.49. The molecule has 0 radical (unpaired) electrons. The van der Waals surface area contributed by atoms with Gasteiger partial charge in [0.15, 0.2) is 0 Å². The van der Waals surface area contributed by atoms with Crippen LogP contribution in [0.2, 0.25) is 0 Å². The summed E-state index contributed by atoms with van der Waals surface area (Å²) in [5.41, 5.74) is 0. The molecule has 90 valence electrons. The van der Waals surface area contributed by atoms with Crippen LogP contribution in [0.15, 0.2) is 0 Å². The second-order valence-electron chi connectivity index (χ2n) is 5.44. The van der Waals surface area contributed by atoms with Crippen LogP contribution in [0, 0.1) is 23.7 Å². The van der Waals surface area contributed by atoms with Gasteiger partial charge in [-0.25, -0.2) is 0 Å². The third-order valence-corrected chi connectivity index (χ3v) is 4.02. The third kappa shape index (κ3) is 1.93. The first kappa shape index (κ1) is 11.4. The molecule has 0 aliphatic heterocycles. The molecule has 0 aromatic rings. The Balaban J connectivity index is 1.86. The van der Waals surface area contributed by atoms with Crippen LogP contribution in [0.25, 0.3) is 0 Å². The van der Waals surface area contributed by atoms with Gasteiger partial charge >= 0.3 is 5.97 Å². The largest absolute Gasteiger partial charge is 0.481 e. The lowest BCUT2D eigenvalue weighted by Crippen LogP contribution is -2.51. The second-order valence-corrected chi connectivity index (χ2v) is 5.44. The summed E-state index contributed by atoms with van der Waals surface area (Å²) in [6, 6.07) is 0.226. The fourth-order valence-electron chi connectivity index (χ4n) is 2.94. The van der Waals surface area contributed by atoms with Gasteiger partial charge in [-0.05, 0) is 31.1 Å². The molecule has 0 saturated heterocycles. The average Bonchev–Trinajstić information content (AvgIpc) is 2.52. The normalized spacial score (nSPS) is 36.7. The molecule has 16 heavy (non-hydrogen) atoms. The van der Waals surface area contributed by atoms with Gasteiger partial charge in [-0.2, -0.15) is 0 Å². The topological polar surface area (TPSA) is 66.4 Å². The number of nitrogens with one attached hydrogen (secondary N) is 1. The molecule has 4 atom stereocenters. The summed E-state index contributed by atoms with van der Waals surface area (Å²) in [6.07, 6.45) is 2.50. The van der Waals surface area contributed by atoms with Crippen molar-refractivity contribution in [1.82, 2.24) is 5.32 Å². The molecular weight excluding hydrogens is 206 g/mol.